The first kappa shape index (κ1) is 16.1. The Balaban J connectivity index is 2.68. The lowest BCUT2D eigenvalue weighted by atomic mass is 9.91. The zero-order valence-corrected chi connectivity index (χ0v) is 15.3. The monoisotopic (exact) mass is 396 g/mol. The van der Waals surface area contributed by atoms with Gasteiger partial charge in [-0.05, 0) is 48.1 Å². The molecular formula is C16H21IN4. The first-order chi connectivity index (χ1) is 9.84. The molecule has 2 rings (SSSR count). The smallest absolute Gasteiger partial charge is 0.162 e. The number of hydrogen-bond donors (Lipinski definition) is 1. The molecular weight excluding hydrogens is 375 g/mol. The lowest BCUT2D eigenvalue weighted by Gasteiger charge is -2.22. The first-order valence-corrected chi connectivity index (χ1v) is 8.15. The predicted octanol–water partition coefficient (Wildman–Crippen LogP) is 4.18. The van der Waals surface area contributed by atoms with Crippen LogP contribution in [0.1, 0.15) is 39.0 Å². The molecule has 0 saturated carbocycles. The Morgan fingerprint density at radius 2 is 1.95 bits per heavy atom. The third kappa shape index (κ3) is 3.51. The average Bonchev–Trinajstić information content (AvgIpc) is 2.41. The van der Waals surface area contributed by atoms with Crippen LogP contribution in [-0.4, -0.2) is 21.5 Å². The third-order valence-corrected chi connectivity index (χ3v) is 4.19. The van der Waals surface area contributed by atoms with E-state index < -0.39 is 0 Å². The van der Waals surface area contributed by atoms with Crippen molar-refractivity contribution < 1.29 is 0 Å². The minimum atomic E-state index is -0.0285. The lowest BCUT2D eigenvalue weighted by Crippen LogP contribution is -2.19. The summed E-state index contributed by atoms with van der Waals surface area (Å²) in [5, 5.41) is 3.34. The van der Waals surface area contributed by atoms with Crippen LogP contribution in [-0.2, 0) is 5.41 Å². The number of nitrogens with zero attached hydrogens (tertiary/aromatic N) is 3. The Morgan fingerprint density at radius 3 is 2.52 bits per heavy atom. The minimum Gasteiger partial charge on any atom is -0.369 e. The maximum absolute atomic E-state index is 4.83. The van der Waals surface area contributed by atoms with Gasteiger partial charge in [-0.3, -0.25) is 4.98 Å². The van der Waals surface area contributed by atoms with Gasteiger partial charge in [-0.2, -0.15) is 0 Å². The van der Waals surface area contributed by atoms with Crippen LogP contribution in [0.2, 0.25) is 0 Å². The van der Waals surface area contributed by atoms with Gasteiger partial charge in [0.05, 0.1) is 9.26 Å². The van der Waals surface area contributed by atoms with E-state index in [1.54, 1.807) is 6.20 Å². The van der Waals surface area contributed by atoms with Crippen molar-refractivity contribution in [3.8, 4) is 11.4 Å². The highest BCUT2D eigenvalue weighted by molar-refractivity contribution is 14.1. The van der Waals surface area contributed by atoms with E-state index in [2.05, 4.69) is 60.6 Å². The van der Waals surface area contributed by atoms with Crippen LogP contribution in [0.3, 0.4) is 0 Å². The molecule has 0 bridgehead atoms. The Kier molecular flexibility index (Phi) is 4.81. The summed E-state index contributed by atoms with van der Waals surface area (Å²) in [7, 11) is 0. The number of halogens is 1. The molecule has 2 aromatic heterocycles. The Morgan fingerprint density at radius 1 is 1.24 bits per heavy atom. The molecule has 5 heteroatoms. The second-order valence-electron chi connectivity index (χ2n) is 6.03. The molecule has 0 aliphatic carbocycles. The molecule has 1 N–H and O–H groups in total. The van der Waals surface area contributed by atoms with Gasteiger partial charge in [-0.25, -0.2) is 9.97 Å². The van der Waals surface area contributed by atoms with Gasteiger partial charge in [-0.15, -0.1) is 0 Å². The summed E-state index contributed by atoms with van der Waals surface area (Å²) in [5.74, 6) is 1.67. The van der Waals surface area contributed by atoms with Crippen LogP contribution in [0.25, 0.3) is 11.4 Å². The molecule has 0 fully saturated rings. The fourth-order valence-corrected chi connectivity index (χ4v) is 3.31. The number of aromatic nitrogens is 3. The summed E-state index contributed by atoms with van der Waals surface area (Å²) >= 11 is 2.33. The van der Waals surface area contributed by atoms with Crippen molar-refractivity contribution in [1.82, 2.24) is 15.0 Å². The van der Waals surface area contributed by atoms with Gasteiger partial charge in [0.1, 0.15) is 5.82 Å². The quantitative estimate of drug-likeness (QED) is 0.791. The average molecular weight is 396 g/mol. The summed E-state index contributed by atoms with van der Waals surface area (Å²) in [6.07, 6.45) is 3.63. The fraction of sp³-hybridized carbons (Fsp3) is 0.438. The standard InChI is InChI=1S/C16H21IN4/c1-6-19-15-12(17)13(16(3,4)5)20-14(21-15)11-7-8-18-9-10(11)2/h7-9H,6H2,1-5H3,(H,19,20,21). The summed E-state index contributed by atoms with van der Waals surface area (Å²) < 4.78 is 1.09. The van der Waals surface area contributed by atoms with Crippen molar-refractivity contribution in [3.05, 3.63) is 33.3 Å². The van der Waals surface area contributed by atoms with Crippen LogP contribution < -0.4 is 5.32 Å². The Bertz CT molecular complexity index is 647. The van der Waals surface area contributed by atoms with E-state index in [0.717, 1.165) is 38.6 Å². The highest BCUT2D eigenvalue weighted by Crippen LogP contribution is 2.32. The Hall–Kier alpha value is -1.24. The number of anilines is 1. The molecule has 0 aliphatic rings. The summed E-state index contributed by atoms with van der Waals surface area (Å²) in [6, 6.07) is 1.97. The summed E-state index contributed by atoms with van der Waals surface area (Å²) in [6.45, 7) is 11.5. The molecule has 0 saturated heterocycles. The normalized spacial score (nSPS) is 11.5. The second-order valence-corrected chi connectivity index (χ2v) is 7.11. The van der Waals surface area contributed by atoms with Crippen molar-refractivity contribution in [1.29, 1.82) is 0 Å². The molecule has 0 amide bonds. The van der Waals surface area contributed by atoms with E-state index in [0.29, 0.717) is 0 Å². The minimum absolute atomic E-state index is 0.0285. The zero-order valence-electron chi connectivity index (χ0n) is 13.2. The second kappa shape index (κ2) is 6.25. The van der Waals surface area contributed by atoms with Crippen molar-refractivity contribution in [2.24, 2.45) is 0 Å². The molecule has 0 aromatic carbocycles. The van der Waals surface area contributed by atoms with Crippen molar-refractivity contribution in [2.75, 3.05) is 11.9 Å². The molecule has 0 aliphatic heterocycles. The van der Waals surface area contributed by atoms with Crippen LogP contribution in [0, 0.1) is 10.5 Å². The van der Waals surface area contributed by atoms with Crippen LogP contribution >= 0.6 is 22.6 Å². The molecule has 112 valence electrons. The molecule has 4 nitrogen and oxygen atoms in total. The highest BCUT2D eigenvalue weighted by atomic mass is 127. The van der Waals surface area contributed by atoms with Gasteiger partial charge in [0, 0.05) is 29.9 Å². The van der Waals surface area contributed by atoms with Crippen molar-refractivity contribution in [2.45, 2.75) is 40.0 Å². The van der Waals surface area contributed by atoms with E-state index in [9.17, 15) is 0 Å². The van der Waals surface area contributed by atoms with E-state index >= 15 is 0 Å². The first-order valence-electron chi connectivity index (χ1n) is 7.07. The van der Waals surface area contributed by atoms with Gasteiger partial charge in [0.25, 0.3) is 0 Å². The topological polar surface area (TPSA) is 50.7 Å². The lowest BCUT2D eigenvalue weighted by molar-refractivity contribution is 0.564. The molecule has 0 atom stereocenters. The van der Waals surface area contributed by atoms with Crippen LogP contribution in [0.4, 0.5) is 5.82 Å². The third-order valence-electron chi connectivity index (χ3n) is 3.17. The largest absolute Gasteiger partial charge is 0.369 e. The maximum atomic E-state index is 4.83. The van der Waals surface area contributed by atoms with Crippen LogP contribution in [0.15, 0.2) is 18.5 Å². The fourth-order valence-electron chi connectivity index (χ4n) is 2.07. The van der Waals surface area contributed by atoms with Gasteiger partial charge in [-0.1, -0.05) is 20.8 Å². The molecule has 0 radical (unpaired) electrons. The Labute approximate surface area is 140 Å². The number of rotatable bonds is 3. The highest BCUT2D eigenvalue weighted by Gasteiger charge is 2.23. The zero-order chi connectivity index (χ0) is 15.6. The SMILES string of the molecule is CCNc1nc(-c2ccncc2C)nc(C(C)(C)C)c1I. The van der Waals surface area contributed by atoms with Crippen molar-refractivity contribution >= 4 is 28.4 Å². The number of nitrogens with one attached hydrogen (secondary N) is 1. The maximum Gasteiger partial charge on any atom is 0.162 e. The van der Waals surface area contributed by atoms with E-state index in [4.69, 9.17) is 9.97 Å². The molecule has 21 heavy (non-hydrogen) atoms. The summed E-state index contributed by atoms with van der Waals surface area (Å²) in [4.78, 5) is 13.7. The van der Waals surface area contributed by atoms with E-state index in [-0.39, 0.29) is 5.41 Å². The van der Waals surface area contributed by atoms with Gasteiger partial charge < -0.3 is 5.32 Å². The van der Waals surface area contributed by atoms with Gasteiger partial charge in [0.15, 0.2) is 5.82 Å². The predicted molar refractivity (Wildman–Crippen MR) is 95.6 cm³/mol. The van der Waals surface area contributed by atoms with E-state index in [1.165, 1.54) is 0 Å². The number of aryl methyl sites for hydroxylation is 1. The summed E-state index contributed by atoms with van der Waals surface area (Å²) in [5.41, 5.74) is 3.16. The number of hydrogen-bond acceptors (Lipinski definition) is 4. The van der Waals surface area contributed by atoms with Crippen LogP contribution in [0.5, 0.6) is 0 Å². The molecule has 2 heterocycles. The molecule has 0 unspecified atom stereocenters. The van der Waals surface area contributed by atoms with Crippen molar-refractivity contribution in [3.63, 3.8) is 0 Å². The van der Waals surface area contributed by atoms with E-state index in [1.807, 2.05) is 19.2 Å². The van der Waals surface area contributed by atoms with Gasteiger partial charge in [0.2, 0.25) is 0 Å². The molecule has 0 spiro atoms. The van der Waals surface area contributed by atoms with Gasteiger partial charge >= 0.3 is 0 Å². The number of pyridine rings is 1. The molecule has 2 aromatic rings.